The van der Waals surface area contributed by atoms with E-state index in [1.165, 1.54) is 25.5 Å². The van der Waals surface area contributed by atoms with E-state index in [1.54, 1.807) is 0 Å². The third kappa shape index (κ3) is 5.87. The van der Waals surface area contributed by atoms with Crippen LogP contribution in [0.2, 0.25) is 0 Å². The largest absolute Gasteiger partial charge is 0.315 e. The average molecular weight is 261 g/mol. The lowest BCUT2D eigenvalue weighted by Gasteiger charge is -2.28. The molecule has 0 spiro atoms. The Balaban J connectivity index is 2.26. The van der Waals surface area contributed by atoms with Gasteiger partial charge in [0.1, 0.15) is 9.84 Å². The summed E-state index contributed by atoms with van der Waals surface area (Å²) in [7, 11) is -2.82. The van der Waals surface area contributed by atoms with Crippen molar-refractivity contribution in [2.75, 3.05) is 12.8 Å². The van der Waals surface area contributed by atoms with Crippen LogP contribution in [-0.2, 0) is 9.84 Å². The standard InChI is InChI=1S/C13H27NO2S/c1-11(2)14-9-5-7-12-6-4-8-13(10-12)17(3,15)16/h11-14H,4-10H2,1-3H3. The molecule has 0 aliphatic heterocycles. The second kappa shape index (κ2) is 6.74. The molecule has 17 heavy (non-hydrogen) atoms. The monoisotopic (exact) mass is 261 g/mol. The normalized spacial score (nSPS) is 26.4. The Morgan fingerprint density at radius 3 is 2.59 bits per heavy atom. The molecule has 0 bridgehead atoms. The van der Waals surface area contributed by atoms with E-state index in [1.807, 2.05) is 0 Å². The van der Waals surface area contributed by atoms with Gasteiger partial charge in [-0.2, -0.15) is 0 Å². The van der Waals surface area contributed by atoms with Crippen molar-refractivity contribution in [2.24, 2.45) is 5.92 Å². The maximum atomic E-state index is 11.5. The van der Waals surface area contributed by atoms with Crippen LogP contribution in [0, 0.1) is 5.92 Å². The van der Waals surface area contributed by atoms with Gasteiger partial charge in [-0.05, 0) is 38.1 Å². The molecular weight excluding hydrogens is 234 g/mol. The predicted octanol–water partition coefficient (Wildman–Crippen LogP) is 2.37. The molecule has 1 fully saturated rings. The van der Waals surface area contributed by atoms with Gasteiger partial charge in [0.25, 0.3) is 0 Å². The highest BCUT2D eigenvalue weighted by Gasteiger charge is 2.28. The Kier molecular flexibility index (Phi) is 5.93. The van der Waals surface area contributed by atoms with Crippen molar-refractivity contribution in [3.8, 4) is 0 Å². The molecule has 3 nitrogen and oxygen atoms in total. The smallest absolute Gasteiger partial charge is 0.150 e. The molecule has 0 amide bonds. The molecule has 2 atom stereocenters. The van der Waals surface area contributed by atoms with Gasteiger partial charge in [0.15, 0.2) is 0 Å². The van der Waals surface area contributed by atoms with Crippen LogP contribution in [-0.4, -0.2) is 32.5 Å². The van der Waals surface area contributed by atoms with E-state index in [0.717, 1.165) is 25.8 Å². The average Bonchev–Trinajstić information content (AvgIpc) is 2.23. The quantitative estimate of drug-likeness (QED) is 0.747. The van der Waals surface area contributed by atoms with E-state index >= 15 is 0 Å². The summed E-state index contributed by atoms with van der Waals surface area (Å²) in [6, 6.07) is 0.546. The van der Waals surface area contributed by atoms with Crippen LogP contribution >= 0.6 is 0 Å². The van der Waals surface area contributed by atoms with Gasteiger partial charge < -0.3 is 5.32 Å². The van der Waals surface area contributed by atoms with Crippen LogP contribution < -0.4 is 5.32 Å². The molecule has 1 N–H and O–H groups in total. The molecule has 0 heterocycles. The molecule has 2 unspecified atom stereocenters. The van der Waals surface area contributed by atoms with Crippen LogP contribution in [0.25, 0.3) is 0 Å². The zero-order valence-electron chi connectivity index (χ0n) is 11.4. The Hall–Kier alpha value is -0.0900. The molecule has 0 aromatic carbocycles. The van der Waals surface area contributed by atoms with Crippen molar-refractivity contribution >= 4 is 9.84 Å². The molecule has 4 heteroatoms. The Morgan fingerprint density at radius 1 is 1.29 bits per heavy atom. The molecule has 1 rings (SSSR count). The van der Waals surface area contributed by atoms with Crippen molar-refractivity contribution < 1.29 is 8.42 Å². The maximum Gasteiger partial charge on any atom is 0.150 e. The Labute approximate surface area is 106 Å². The maximum absolute atomic E-state index is 11.5. The van der Waals surface area contributed by atoms with Crippen LogP contribution in [0.3, 0.4) is 0 Å². The van der Waals surface area contributed by atoms with Crippen molar-refractivity contribution in [1.29, 1.82) is 0 Å². The number of hydrogen-bond donors (Lipinski definition) is 1. The number of sulfone groups is 1. The minimum Gasteiger partial charge on any atom is -0.315 e. The van der Waals surface area contributed by atoms with Crippen LogP contribution in [0.15, 0.2) is 0 Å². The highest BCUT2D eigenvalue weighted by Crippen LogP contribution is 2.31. The highest BCUT2D eigenvalue weighted by atomic mass is 32.2. The molecule has 1 aliphatic rings. The van der Waals surface area contributed by atoms with Crippen molar-refractivity contribution in [3.05, 3.63) is 0 Å². The summed E-state index contributed by atoms with van der Waals surface area (Å²) in [5.74, 6) is 0.623. The first-order valence-electron chi connectivity index (χ1n) is 6.82. The lowest BCUT2D eigenvalue weighted by molar-refractivity contribution is 0.329. The Bertz CT molecular complexity index is 311. The highest BCUT2D eigenvalue weighted by molar-refractivity contribution is 7.91. The fraction of sp³-hybridized carbons (Fsp3) is 1.00. The van der Waals surface area contributed by atoms with Gasteiger partial charge in [0.2, 0.25) is 0 Å². The first-order chi connectivity index (χ1) is 7.89. The summed E-state index contributed by atoms with van der Waals surface area (Å²) in [4.78, 5) is 0. The lowest BCUT2D eigenvalue weighted by Crippen LogP contribution is -2.28. The second-order valence-corrected chi connectivity index (χ2v) is 8.06. The predicted molar refractivity (Wildman–Crippen MR) is 73.0 cm³/mol. The van der Waals surface area contributed by atoms with E-state index < -0.39 is 9.84 Å². The minimum absolute atomic E-state index is 0.0701. The molecule has 0 aromatic rings. The van der Waals surface area contributed by atoms with Crippen molar-refractivity contribution in [2.45, 2.75) is 63.7 Å². The third-order valence-corrected chi connectivity index (χ3v) is 5.32. The molecule has 1 aliphatic carbocycles. The summed E-state index contributed by atoms with van der Waals surface area (Å²) >= 11 is 0. The third-order valence-electron chi connectivity index (χ3n) is 3.68. The van der Waals surface area contributed by atoms with E-state index in [0.29, 0.717) is 12.0 Å². The van der Waals surface area contributed by atoms with E-state index in [2.05, 4.69) is 19.2 Å². The summed E-state index contributed by atoms with van der Waals surface area (Å²) in [6.45, 7) is 5.36. The van der Waals surface area contributed by atoms with Crippen LogP contribution in [0.1, 0.15) is 52.4 Å². The lowest BCUT2D eigenvalue weighted by atomic mass is 9.86. The Morgan fingerprint density at radius 2 is 2.00 bits per heavy atom. The number of nitrogens with one attached hydrogen (secondary N) is 1. The second-order valence-electron chi connectivity index (χ2n) is 5.74. The zero-order chi connectivity index (χ0) is 12.9. The SMILES string of the molecule is CC(C)NCCCC1CCCC(S(C)(=O)=O)C1. The van der Waals surface area contributed by atoms with Crippen LogP contribution in [0.4, 0.5) is 0 Å². The van der Waals surface area contributed by atoms with E-state index in [9.17, 15) is 8.42 Å². The summed E-state index contributed by atoms with van der Waals surface area (Å²) in [5.41, 5.74) is 0. The van der Waals surface area contributed by atoms with Crippen LogP contribution in [0.5, 0.6) is 0 Å². The summed E-state index contributed by atoms with van der Waals surface area (Å²) in [5, 5.41) is 3.34. The molecule has 0 saturated heterocycles. The van der Waals surface area contributed by atoms with E-state index in [4.69, 9.17) is 0 Å². The molecule has 1 saturated carbocycles. The van der Waals surface area contributed by atoms with Gasteiger partial charge in [0, 0.05) is 12.3 Å². The molecule has 0 aromatic heterocycles. The van der Waals surface area contributed by atoms with Gasteiger partial charge in [0.05, 0.1) is 5.25 Å². The van der Waals surface area contributed by atoms with Crippen molar-refractivity contribution in [1.82, 2.24) is 5.32 Å². The fourth-order valence-corrected chi connectivity index (χ4v) is 3.89. The summed E-state index contributed by atoms with van der Waals surface area (Å²) < 4.78 is 23.1. The van der Waals surface area contributed by atoms with Gasteiger partial charge in [-0.25, -0.2) is 8.42 Å². The number of rotatable bonds is 6. The first-order valence-corrected chi connectivity index (χ1v) is 8.77. The zero-order valence-corrected chi connectivity index (χ0v) is 12.2. The van der Waals surface area contributed by atoms with Gasteiger partial charge >= 0.3 is 0 Å². The first kappa shape index (κ1) is 15.0. The molecule has 102 valence electrons. The van der Waals surface area contributed by atoms with Crippen molar-refractivity contribution in [3.63, 3.8) is 0 Å². The molecular formula is C13H27NO2S. The van der Waals surface area contributed by atoms with E-state index in [-0.39, 0.29) is 5.25 Å². The fourth-order valence-electron chi connectivity index (χ4n) is 2.67. The van der Waals surface area contributed by atoms with Gasteiger partial charge in [-0.3, -0.25) is 0 Å². The van der Waals surface area contributed by atoms with Gasteiger partial charge in [-0.15, -0.1) is 0 Å². The van der Waals surface area contributed by atoms with Gasteiger partial charge in [-0.1, -0.05) is 26.7 Å². The minimum atomic E-state index is -2.82. The topological polar surface area (TPSA) is 46.2 Å². The number of hydrogen-bond acceptors (Lipinski definition) is 3. The molecule has 0 radical (unpaired) electrons. The summed E-state index contributed by atoms with van der Waals surface area (Å²) in [6.07, 6.45) is 7.79.